The van der Waals surface area contributed by atoms with Gasteiger partial charge in [-0.3, -0.25) is 4.79 Å². The molecule has 2 aromatic carbocycles. The number of amides is 1. The van der Waals surface area contributed by atoms with Gasteiger partial charge in [-0.1, -0.05) is 23.7 Å². The summed E-state index contributed by atoms with van der Waals surface area (Å²) in [6.45, 7) is 1.60. The van der Waals surface area contributed by atoms with Crippen LogP contribution in [0.25, 0.3) is 10.9 Å². The van der Waals surface area contributed by atoms with Gasteiger partial charge in [-0.05, 0) is 37.3 Å². The lowest BCUT2D eigenvalue weighted by Gasteiger charge is -2.13. The zero-order valence-electron chi connectivity index (χ0n) is 13.1. The van der Waals surface area contributed by atoms with Crippen LogP contribution in [0, 0.1) is 17.1 Å². The Kier molecular flexibility index (Phi) is 4.59. The number of ether oxygens (including phenoxy) is 1. The molecule has 5 nitrogen and oxygen atoms in total. The Morgan fingerprint density at radius 3 is 2.88 bits per heavy atom. The number of anilines is 1. The van der Waals surface area contributed by atoms with Crippen LogP contribution in [0.4, 0.5) is 10.1 Å². The number of hydrogen-bond donors (Lipinski definition) is 2. The first-order valence-electron chi connectivity index (χ1n) is 7.43. The van der Waals surface area contributed by atoms with Crippen molar-refractivity contribution < 1.29 is 13.9 Å². The van der Waals surface area contributed by atoms with Crippen LogP contribution in [0.1, 0.15) is 17.4 Å². The van der Waals surface area contributed by atoms with Crippen LogP contribution >= 0.6 is 11.6 Å². The molecule has 0 saturated carbocycles. The number of rotatable bonds is 4. The molecular weight excluding hydrogens is 345 g/mol. The second-order valence-electron chi connectivity index (χ2n) is 5.34. The van der Waals surface area contributed by atoms with Crippen LogP contribution in [0.2, 0.25) is 5.02 Å². The monoisotopic (exact) mass is 357 g/mol. The molecule has 0 fully saturated rings. The van der Waals surface area contributed by atoms with Crippen molar-refractivity contribution in [3.8, 4) is 11.8 Å². The minimum Gasteiger partial charge on any atom is -0.474 e. The quantitative estimate of drug-likeness (QED) is 0.721. The lowest BCUT2D eigenvalue weighted by Crippen LogP contribution is -2.15. The highest BCUT2D eigenvalue weighted by Crippen LogP contribution is 2.30. The molecule has 1 aromatic heterocycles. The van der Waals surface area contributed by atoms with E-state index in [4.69, 9.17) is 21.6 Å². The van der Waals surface area contributed by atoms with E-state index in [9.17, 15) is 9.18 Å². The third kappa shape index (κ3) is 3.42. The van der Waals surface area contributed by atoms with Gasteiger partial charge in [0, 0.05) is 10.9 Å². The molecule has 0 aliphatic rings. The molecule has 0 bridgehead atoms. The molecule has 1 atom stereocenters. The molecule has 2 N–H and O–H groups in total. The Hall–Kier alpha value is -3.04. The molecule has 3 rings (SSSR count). The van der Waals surface area contributed by atoms with E-state index in [1.54, 1.807) is 31.2 Å². The minimum atomic E-state index is -0.669. The number of nitrogens with one attached hydrogen (secondary N) is 2. The van der Waals surface area contributed by atoms with Gasteiger partial charge < -0.3 is 15.0 Å². The Bertz CT molecular complexity index is 994. The predicted octanol–water partition coefficient (Wildman–Crippen LogP) is 4.50. The van der Waals surface area contributed by atoms with Gasteiger partial charge in [0.2, 0.25) is 0 Å². The number of benzene rings is 2. The van der Waals surface area contributed by atoms with E-state index in [0.717, 1.165) is 0 Å². The second kappa shape index (κ2) is 6.83. The number of H-pyrrole nitrogens is 1. The molecule has 0 spiro atoms. The fourth-order valence-corrected chi connectivity index (χ4v) is 2.65. The Morgan fingerprint density at radius 1 is 1.36 bits per heavy atom. The van der Waals surface area contributed by atoms with E-state index in [2.05, 4.69) is 10.3 Å². The maximum atomic E-state index is 13.4. The second-order valence-corrected chi connectivity index (χ2v) is 5.72. The third-order valence-corrected chi connectivity index (χ3v) is 3.94. The highest BCUT2D eigenvalue weighted by Gasteiger charge is 2.18. The van der Waals surface area contributed by atoms with Gasteiger partial charge in [-0.2, -0.15) is 5.26 Å². The molecule has 25 heavy (non-hydrogen) atoms. The number of para-hydroxylation sites is 2. The fourth-order valence-electron chi connectivity index (χ4n) is 2.36. The normalized spacial score (nSPS) is 11.8. The lowest BCUT2D eigenvalue weighted by atomic mass is 10.2. The zero-order valence-corrected chi connectivity index (χ0v) is 13.9. The van der Waals surface area contributed by atoms with Crippen LogP contribution in [-0.2, 0) is 0 Å². The van der Waals surface area contributed by atoms with Gasteiger partial charge in [0.15, 0.2) is 6.10 Å². The smallest absolute Gasteiger partial charge is 0.273 e. The van der Waals surface area contributed by atoms with Crippen LogP contribution in [0.15, 0.2) is 42.5 Å². The molecule has 0 saturated heterocycles. The Labute approximate surface area is 148 Å². The minimum absolute atomic E-state index is 0.116. The summed E-state index contributed by atoms with van der Waals surface area (Å²) >= 11 is 6.20. The van der Waals surface area contributed by atoms with Crippen molar-refractivity contribution in [3.63, 3.8) is 0 Å². The predicted molar refractivity (Wildman–Crippen MR) is 93.4 cm³/mol. The highest BCUT2D eigenvalue weighted by atomic mass is 35.5. The SMILES string of the molecule is C[C@H](C#N)Oc1ccccc1NC(=O)c1[nH]c2ccc(F)cc2c1Cl. The van der Waals surface area contributed by atoms with Gasteiger partial charge in [-0.25, -0.2) is 4.39 Å². The molecule has 1 heterocycles. The van der Waals surface area contributed by atoms with Crippen molar-refractivity contribution >= 4 is 34.1 Å². The van der Waals surface area contributed by atoms with Crippen molar-refractivity contribution in [2.45, 2.75) is 13.0 Å². The summed E-state index contributed by atoms with van der Waals surface area (Å²) in [7, 11) is 0. The topological polar surface area (TPSA) is 77.9 Å². The van der Waals surface area contributed by atoms with Crippen molar-refractivity contribution in [3.05, 3.63) is 59.0 Å². The van der Waals surface area contributed by atoms with Crippen LogP contribution in [0.3, 0.4) is 0 Å². The average molecular weight is 358 g/mol. The average Bonchev–Trinajstić information content (AvgIpc) is 2.93. The summed E-state index contributed by atoms with van der Waals surface area (Å²) in [4.78, 5) is 15.4. The molecule has 7 heteroatoms. The van der Waals surface area contributed by atoms with E-state index >= 15 is 0 Å². The molecule has 126 valence electrons. The molecule has 0 radical (unpaired) electrons. The maximum Gasteiger partial charge on any atom is 0.273 e. The molecule has 0 aliphatic carbocycles. The van der Waals surface area contributed by atoms with Gasteiger partial charge in [0.1, 0.15) is 23.3 Å². The van der Waals surface area contributed by atoms with E-state index < -0.39 is 17.8 Å². The van der Waals surface area contributed by atoms with Crippen LogP contribution < -0.4 is 10.1 Å². The molecule has 0 aliphatic heterocycles. The van der Waals surface area contributed by atoms with Crippen LogP contribution in [-0.4, -0.2) is 17.0 Å². The van der Waals surface area contributed by atoms with Crippen molar-refractivity contribution in [2.75, 3.05) is 5.32 Å². The van der Waals surface area contributed by atoms with Crippen molar-refractivity contribution in [2.24, 2.45) is 0 Å². The lowest BCUT2D eigenvalue weighted by molar-refractivity contribution is 0.102. The number of carbonyl (C=O) groups is 1. The standard InChI is InChI=1S/C18H13ClFN3O2/c1-10(9-21)25-15-5-3-2-4-14(15)23-18(24)17-16(19)12-8-11(20)6-7-13(12)22-17/h2-8,10,22H,1H3,(H,23,24)/t10-/m1/s1. The number of nitrogens with zero attached hydrogens (tertiary/aromatic N) is 1. The van der Waals surface area contributed by atoms with Crippen molar-refractivity contribution in [1.29, 1.82) is 5.26 Å². The fraction of sp³-hybridized carbons (Fsp3) is 0.111. The number of hydrogen-bond acceptors (Lipinski definition) is 3. The zero-order chi connectivity index (χ0) is 18.0. The number of fused-ring (bicyclic) bond motifs is 1. The number of aromatic nitrogens is 1. The van der Waals surface area contributed by atoms with Gasteiger partial charge in [0.25, 0.3) is 5.91 Å². The van der Waals surface area contributed by atoms with Gasteiger partial charge in [-0.15, -0.1) is 0 Å². The first kappa shape index (κ1) is 16.8. The van der Waals surface area contributed by atoms with Gasteiger partial charge in [0.05, 0.1) is 10.7 Å². The number of nitriles is 1. The summed E-state index contributed by atoms with van der Waals surface area (Å²) in [5, 5.41) is 12.1. The van der Waals surface area contributed by atoms with Crippen molar-refractivity contribution in [1.82, 2.24) is 4.98 Å². The van der Waals surface area contributed by atoms with E-state index in [-0.39, 0.29) is 10.7 Å². The van der Waals surface area contributed by atoms with E-state index in [0.29, 0.717) is 22.3 Å². The third-order valence-electron chi connectivity index (χ3n) is 3.55. The highest BCUT2D eigenvalue weighted by molar-refractivity contribution is 6.39. The van der Waals surface area contributed by atoms with Gasteiger partial charge >= 0.3 is 0 Å². The first-order valence-corrected chi connectivity index (χ1v) is 7.80. The number of carbonyl (C=O) groups excluding carboxylic acids is 1. The largest absolute Gasteiger partial charge is 0.474 e. The maximum absolute atomic E-state index is 13.4. The first-order chi connectivity index (χ1) is 12.0. The summed E-state index contributed by atoms with van der Waals surface area (Å²) < 4.78 is 18.8. The molecule has 0 unspecified atom stereocenters. The Morgan fingerprint density at radius 2 is 2.12 bits per heavy atom. The summed E-state index contributed by atoms with van der Waals surface area (Å²) in [6.07, 6.45) is -0.669. The van der Waals surface area contributed by atoms with Crippen LogP contribution in [0.5, 0.6) is 5.75 Å². The van der Waals surface area contributed by atoms with E-state index in [1.807, 2.05) is 6.07 Å². The summed E-state index contributed by atoms with van der Waals surface area (Å²) in [5.41, 5.74) is 1.07. The number of aromatic amines is 1. The molecular formula is C18H13ClFN3O2. The summed E-state index contributed by atoms with van der Waals surface area (Å²) in [5.74, 6) is -0.574. The Balaban J connectivity index is 1.91. The molecule has 1 amide bonds. The van der Waals surface area contributed by atoms with E-state index in [1.165, 1.54) is 18.2 Å². The summed E-state index contributed by atoms with van der Waals surface area (Å²) in [6, 6.07) is 12.8. The number of halogens is 2. The molecule has 3 aromatic rings.